The van der Waals surface area contributed by atoms with Gasteiger partial charge in [-0.1, -0.05) is 13.0 Å². The van der Waals surface area contributed by atoms with Gasteiger partial charge in [0.15, 0.2) is 11.6 Å². The maximum absolute atomic E-state index is 14.5. The third-order valence-corrected chi connectivity index (χ3v) is 7.99. The predicted octanol–water partition coefficient (Wildman–Crippen LogP) is 3.75. The van der Waals surface area contributed by atoms with Crippen molar-refractivity contribution in [3.8, 4) is 11.3 Å². The summed E-state index contributed by atoms with van der Waals surface area (Å²) in [7, 11) is -4.34. The molecule has 2 aromatic heterocycles. The third kappa shape index (κ3) is 4.43. The number of carbonyl (C=O) groups is 1. The van der Waals surface area contributed by atoms with Crippen molar-refractivity contribution in [3.63, 3.8) is 0 Å². The van der Waals surface area contributed by atoms with Crippen LogP contribution < -0.4 is 15.4 Å². The number of hydrogen-bond acceptors (Lipinski definition) is 7. The van der Waals surface area contributed by atoms with Gasteiger partial charge < -0.3 is 10.6 Å². The Hall–Kier alpha value is -3.60. The number of aromatic nitrogens is 2. The lowest BCUT2D eigenvalue weighted by molar-refractivity contribution is 0.0981. The molecule has 1 unspecified atom stereocenters. The van der Waals surface area contributed by atoms with Crippen molar-refractivity contribution in [2.75, 3.05) is 17.2 Å². The Morgan fingerprint density at radius 1 is 1.17 bits per heavy atom. The zero-order valence-electron chi connectivity index (χ0n) is 19.4. The molecule has 3 heterocycles. The highest BCUT2D eigenvalue weighted by Gasteiger charge is 2.41. The molecule has 1 amide bonds. The predicted molar refractivity (Wildman–Crippen MR) is 128 cm³/mol. The molecule has 11 heteroatoms. The minimum absolute atomic E-state index is 0.0289. The monoisotopic (exact) mass is 501 g/mol. The second kappa shape index (κ2) is 8.88. The molecule has 184 valence electrons. The Kier molecular flexibility index (Phi) is 6.22. The van der Waals surface area contributed by atoms with Crippen molar-refractivity contribution < 1.29 is 22.0 Å². The van der Waals surface area contributed by atoms with Crippen molar-refractivity contribution in [3.05, 3.63) is 65.9 Å². The minimum atomic E-state index is -4.34. The Morgan fingerprint density at radius 2 is 1.91 bits per heavy atom. The van der Waals surface area contributed by atoms with Crippen LogP contribution >= 0.6 is 0 Å². The maximum atomic E-state index is 14.5. The molecule has 0 radical (unpaired) electrons. The van der Waals surface area contributed by atoms with Crippen molar-refractivity contribution in [1.29, 1.82) is 0 Å². The van der Waals surface area contributed by atoms with Crippen molar-refractivity contribution >= 4 is 27.6 Å². The molecule has 1 aliphatic heterocycles. The van der Waals surface area contributed by atoms with E-state index in [9.17, 15) is 22.0 Å². The second-order valence-corrected chi connectivity index (χ2v) is 10.6. The summed E-state index contributed by atoms with van der Waals surface area (Å²) in [5, 5.41) is 0. The average molecular weight is 502 g/mol. The molecule has 0 spiro atoms. The number of amides is 1. The maximum Gasteiger partial charge on any atom is 0.268 e. The van der Waals surface area contributed by atoms with E-state index in [-0.39, 0.29) is 39.3 Å². The van der Waals surface area contributed by atoms with E-state index >= 15 is 0 Å². The van der Waals surface area contributed by atoms with E-state index in [0.29, 0.717) is 6.54 Å². The third-order valence-electron chi connectivity index (χ3n) is 6.61. The molecule has 0 aliphatic carbocycles. The second-order valence-electron chi connectivity index (χ2n) is 8.99. The number of sulfonamides is 1. The zero-order chi connectivity index (χ0) is 25.5. The molecule has 8 nitrogen and oxygen atoms in total. The number of nitrogen functional groups attached to an aromatic ring is 1. The molecular weight excluding hydrogens is 476 g/mol. The van der Waals surface area contributed by atoms with Crippen LogP contribution in [0.15, 0.2) is 53.6 Å². The number of rotatable bonds is 5. The van der Waals surface area contributed by atoms with Gasteiger partial charge in [-0.2, -0.15) is 0 Å². The molecule has 1 aliphatic rings. The van der Waals surface area contributed by atoms with Crippen LogP contribution in [0.2, 0.25) is 0 Å². The van der Waals surface area contributed by atoms with E-state index in [1.165, 1.54) is 42.6 Å². The van der Waals surface area contributed by atoms with Gasteiger partial charge in [0.1, 0.15) is 16.5 Å². The van der Waals surface area contributed by atoms with Gasteiger partial charge in [0.2, 0.25) is 0 Å². The van der Waals surface area contributed by atoms with Gasteiger partial charge in [0.25, 0.3) is 15.9 Å². The fraction of sp³-hybridized carbons (Fsp3) is 0.292. The number of carbonyl (C=O) groups excluding carboxylic acids is 1. The van der Waals surface area contributed by atoms with E-state index in [4.69, 9.17) is 5.73 Å². The van der Waals surface area contributed by atoms with Crippen molar-refractivity contribution in [1.82, 2.24) is 14.7 Å². The van der Waals surface area contributed by atoms with E-state index < -0.39 is 33.1 Å². The number of hydrogen-bond donors (Lipinski definition) is 2. The molecule has 0 saturated carbocycles. The van der Waals surface area contributed by atoms with Gasteiger partial charge in [0.05, 0.1) is 11.3 Å². The number of benzene rings is 1. The van der Waals surface area contributed by atoms with Crippen LogP contribution in [0, 0.1) is 17.6 Å². The fourth-order valence-electron chi connectivity index (χ4n) is 4.15. The van der Waals surface area contributed by atoms with Gasteiger partial charge in [-0.15, -0.1) is 0 Å². The summed E-state index contributed by atoms with van der Waals surface area (Å²) < 4.78 is 56.1. The Bertz CT molecular complexity index is 1410. The number of nitrogens with one attached hydrogen (secondary N) is 1. The summed E-state index contributed by atoms with van der Waals surface area (Å²) in [4.78, 5) is 23.1. The normalized spacial score (nSPS) is 17.4. The van der Waals surface area contributed by atoms with Gasteiger partial charge >= 0.3 is 0 Å². The van der Waals surface area contributed by atoms with Crippen molar-refractivity contribution in [2.24, 2.45) is 5.92 Å². The number of nitrogens with zero attached hydrogens (tertiary/aromatic N) is 3. The SMILES string of the molecule is CC1CCN(c2nc(-c3cccc(F)c3F)ccc2C(=O)NS(=O)(=O)c2cccnc2N)C1(C)C. The van der Waals surface area contributed by atoms with Gasteiger partial charge in [0, 0.05) is 23.8 Å². The molecule has 35 heavy (non-hydrogen) atoms. The molecular formula is C24H25F2N5O3S. The van der Waals surface area contributed by atoms with Crippen LogP contribution in [0.5, 0.6) is 0 Å². The first-order valence-corrected chi connectivity index (χ1v) is 12.4. The smallest absolute Gasteiger partial charge is 0.268 e. The van der Waals surface area contributed by atoms with E-state index in [1.807, 2.05) is 23.5 Å². The first kappa shape index (κ1) is 24.5. The Labute approximate surface area is 202 Å². The number of nitrogens with two attached hydrogens (primary N) is 1. The first-order chi connectivity index (χ1) is 16.4. The minimum Gasteiger partial charge on any atom is -0.383 e. The molecule has 4 rings (SSSR count). The summed E-state index contributed by atoms with van der Waals surface area (Å²) in [6, 6.07) is 9.09. The standard InChI is InChI=1S/C24H25F2N5O3S/c1-14-11-13-31(24(14,2)3)22-16(9-10-18(29-22)15-6-4-7-17(25)20(15)26)23(32)30-35(33,34)19-8-5-12-28-21(19)27/h4-10,12,14H,11,13H2,1-3H3,(H2,27,28)(H,30,32). The molecule has 3 N–H and O–H groups in total. The van der Waals surface area contributed by atoms with Crippen LogP contribution in [0.4, 0.5) is 20.4 Å². The van der Waals surface area contributed by atoms with E-state index in [1.54, 1.807) is 0 Å². The lowest BCUT2D eigenvalue weighted by Crippen LogP contribution is -2.43. The van der Waals surface area contributed by atoms with E-state index in [2.05, 4.69) is 16.9 Å². The van der Waals surface area contributed by atoms with Crippen LogP contribution in [0.25, 0.3) is 11.3 Å². The largest absolute Gasteiger partial charge is 0.383 e. The molecule has 0 bridgehead atoms. The molecule has 1 atom stereocenters. The number of pyridine rings is 2. The summed E-state index contributed by atoms with van der Waals surface area (Å²) in [5.74, 6) is -2.87. The van der Waals surface area contributed by atoms with E-state index in [0.717, 1.165) is 12.5 Å². The van der Waals surface area contributed by atoms with Crippen molar-refractivity contribution in [2.45, 2.75) is 37.6 Å². The Morgan fingerprint density at radius 3 is 2.57 bits per heavy atom. The van der Waals surface area contributed by atoms with Gasteiger partial charge in [-0.3, -0.25) is 4.79 Å². The molecule has 1 fully saturated rings. The topological polar surface area (TPSA) is 118 Å². The van der Waals surface area contributed by atoms with Crippen LogP contribution in [-0.4, -0.2) is 36.4 Å². The van der Waals surface area contributed by atoms with Gasteiger partial charge in [-0.05, 0) is 62.6 Å². The lowest BCUT2D eigenvalue weighted by atomic mass is 9.90. The Balaban J connectivity index is 1.81. The summed E-state index contributed by atoms with van der Waals surface area (Å²) >= 11 is 0. The first-order valence-electron chi connectivity index (χ1n) is 10.9. The quantitative estimate of drug-likeness (QED) is 0.547. The van der Waals surface area contributed by atoms with Crippen LogP contribution in [-0.2, 0) is 10.0 Å². The molecule has 3 aromatic rings. The molecule has 1 saturated heterocycles. The van der Waals surface area contributed by atoms with Gasteiger partial charge in [-0.25, -0.2) is 31.9 Å². The number of anilines is 2. The van der Waals surface area contributed by atoms with Crippen LogP contribution in [0.3, 0.4) is 0 Å². The highest BCUT2D eigenvalue weighted by atomic mass is 32.2. The molecule has 1 aromatic carbocycles. The summed E-state index contributed by atoms with van der Waals surface area (Å²) in [6.07, 6.45) is 2.14. The lowest BCUT2D eigenvalue weighted by Gasteiger charge is -2.36. The number of halogens is 2. The highest BCUT2D eigenvalue weighted by molar-refractivity contribution is 7.90. The average Bonchev–Trinajstić information content (AvgIpc) is 3.07. The summed E-state index contributed by atoms with van der Waals surface area (Å²) in [6.45, 7) is 6.57. The zero-order valence-corrected chi connectivity index (χ0v) is 20.2. The fourth-order valence-corrected chi connectivity index (χ4v) is 5.20. The summed E-state index contributed by atoms with van der Waals surface area (Å²) in [5.41, 5.74) is 5.26. The van der Waals surface area contributed by atoms with Crippen LogP contribution in [0.1, 0.15) is 37.6 Å². The highest BCUT2D eigenvalue weighted by Crippen LogP contribution is 2.39.